The highest BCUT2D eigenvalue weighted by atomic mass is 16.5. The summed E-state index contributed by atoms with van der Waals surface area (Å²) in [6.45, 7) is 6.12. The predicted octanol–water partition coefficient (Wildman–Crippen LogP) is 6.98. The van der Waals surface area contributed by atoms with Gasteiger partial charge in [0.15, 0.2) is 6.61 Å². The van der Waals surface area contributed by atoms with Crippen molar-refractivity contribution in [2.45, 2.75) is 32.6 Å². The van der Waals surface area contributed by atoms with Crippen molar-refractivity contribution in [3.8, 4) is 17.2 Å². The second kappa shape index (κ2) is 9.37. The minimum Gasteiger partial charge on any atom is -0.482 e. The number of rotatable bonds is 7. The van der Waals surface area contributed by atoms with Gasteiger partial charge >= 0.3 is 5.97 Å². The molecule has 0 saturated heterocycles. The van der Waals surface area contributed by atoms with E-state index < -0.39 is 12.6 Å². The van der Waals surface area contributed by atoms with E-state index in [9.17, 15) is 4.79 Å². The first kappa shape index (κ1) is 22.4. The van der Waals surface area contributed by atoms with Crippen LogP contribution in [0.2, 0.25) is 0 Å². The van der Waals surface area contributed by atoms with E-state index in [0.29, 0.717) is 17.9 Å². The molecule has 33 heavy (non-hydrogen) atoms. The molecule has 0 spiro atoms. The highest BCUT2D eigenvalue weighted by Gasteiger charge is 2.15. The number of ether oxygens (including phenoxy) is 2. The summed E-state index contributed by atoms with van der Waals surface area (Å²) in [6.07, 6.45) is 0.593. The molecule has 0 unspecified atom stereocenters. The number of hydrogen-bond acceptors (Lipinski definition) is 3. The van der Waals surface area contributed by atoms with Crippen LogP contribution >= 0.6 is 0 Å². The number of carboxylic acids is 1. The molecule has 4 heteroatoms. The van der Waals surface area contributed by atoms with Crippen molar-refractivity contribution < 1.29 is 19.4 Å². The predicted molar refractivity (Wildman–Crippen MR) is 132 cm³/mol. The van der Waals surface area contributed by atoms with E-state index in [1.807, 2.05) is 42.5 Å². The molecule has 168 valence electrons. The molecule has 1 N–H and O–H groups in total. The van der Waals surface area contributed by atoms with Crippen LogP contribution in [0.25, 0.3) is 10.8 Å². The first-order valence-electron chi connectivity index (χ1n) is 11.0. The molecule has 0 atom stereocenters. The summed E-state index contributed by atoms with van der Waals surface area (Å²) in [5, 5.41) is 11.4. The van der Waals surface area contributed by atoms with Crippen LogP contribution in [-0.4, -0.2) is 17.7 Å². The topological polar surface area (TPSA) is 55.8 Å². The van der Waals surface area contributed by atoms with Gasteiger partial charge in [-0.15, -0.1) is 0 Å². The van der Waals surface area contributed by atoms with E-state index in [2.05, 4.69) is 57.2 Å². The fourth-order valence-corrected chi connectivity index (χ4v) is 3.85. The second-order valence-electron chi connectivity index (χ2n) is 9.15. The van der Waals surface area contributed by atoms with Gasteiger partial charge in [-0.1, -0.05) is 75.4 Å². The average molecular weight is 441 g/mol. The zero-order chi connectivity index (χ0) is 23.4. The van der Waals surface area contributed by atoms with Gasteiger partial charge in [-0.05, 0) is 57.6 Å². The summed E-state index contributed by atoms with van der Waals surface area (Å²) in [4.78, 5) is 11.1. The third kappa shape index (κ3) is 5.53. The molecule has 0 bridgehead atoms. The largest absolute Gasteiger partial charge is 0.482 e. The van der Waals surface area contributed by atoms with E-state index in [4.69, 9.17) is 14.6 Å². The highest BCUT2D eigenvalue weighted by molar-refractivity contribution is 5.86. The van der Waals surface area contributed by atoms with E-state index in [-0.39, 0.29) is 5.41 Å². The third-order valence-corrected chi connectivity index (χ3v) is 5.58. The molecular weight excluding hydrogens is 412 g/mol. The Balaban J connectivity index is 1.68. The molecule has 0 aromatic heterocycles. The lowest BCUT2D eigenvalue weighted by Crippen LogP contribution is -2.11. The standard InChI is InChI=1S/C29H28O4/c1-29(2,3)23-11-7-12-24(18-23)33-25-14-15-27(32-19-28(30)31)22(17-25)16-21-10-6-9-20-8-4-5-13-26(20)21/h4-15,17-18H,16,19H2,1-3H3,(H,30,31). The molecule has 0 saturated carbocycles. The van der Waals surface area contributed by atoms with Gasteiger partial charge in [0.2, 0.25) is 0 Å². The van der Waals surface area contributed by atoms with Crippen molar-refractivity contribution in [1.82, 2.24) is 0 Å². The molecule has 4 aromatic rings. The highest BCUT2D eigenvalue weighted by Crippen LogP contribution is 2.33. The van der Waals surface area contributed by atoms with Crippen LogP contribution in [0.1, 0.15) is 37.5 Å². The Bertz CT molecular complexity index is 1280. The van der Waals surface area contributed by atoms with Crippen molar-refractivity contribution in [2.24, 2.45) is 0 Å². The minimum atomic E-state index is -1.01. The monoisotopic (exact) mass is 440 g/mol. The van der Waals surface area contributed by atoms with Crippen molar-refractivity contribution in [2.75, 3.05) is 6.61 Å². The Morgan fingerprint density at radius 3 is 2.33 bits per heavy atom. The Morgan fingerprint density at radius 2 is 1.55 bits per heavy atom. The van der Waals surface area contributed by atoms with Crippen LogP contribution in [0.5, 0.6) is 17.2 Å². The molecule has 0 radical (unpaired) electrons. The molecule has 4 nitrogen and oxygen atoms in total. The Labute approximate surface area is 194 Å². The fraction of sp³-hybridized carbons (Fsp3) is 0.207. The Hall–Kier alpha value is -3.79. The molecule has 4 rings (SSSR count). The van der Waals surface area contributed by atoms with Crippen LogP contribution in [0.15, 0.2) is 84.9 Å². The summed E-state index contributed by atoms with van der Waals surface area (Å²) >= 11 is 0. The quantitative estimate of drug-likeness (QED) is 0.337. The molecule has 0 amide bonds. The Morgan fingerprint density at radius 1 is 0.818 bits per heavy atom. The number of carbonyl (C=O) groups is 1. The van der Waals surface area contributed by atoms with E-state index in [1.165, 1.54) is 5.56 Å². The normalized spacial score (nSPS) is 11.4. The van der Waals surface area contributed by atoms with Gasteiger partial charge in [0, 0.05) is 12.0 Å². The number of fused-ring (bicyclic) bond motifs is 1. The molecule has 4 aromatic carbocycles. The van der Waals surface area contributed by atoms with Gasteiger partial charge in [-0.3, -0.25) is 0 Å². The van der Waals surface area contributed by atoms with E-state index in [0.717, 1.165) is 27.6 Å². The van der Waals surface area contributed by atoms with Crippen LogP contribution in [-0.2, 0) is 16.6 Å². The van der Waals surface area contributed by atoms with Crippen molar-refractivity contribution >= 4 is 16.7 Å². The summed E-state index contributed by atoms with van der Waals surface area (Å²) < 4.78 is 11.8. The molecule has 0 fully saturated rings. The maximum atomic E-state index is 11.1. The molecule has 0 aliphatic heterocycles. The van der Waals surface area contributed by atoms with Crippen LogP contribution in [0, 0.1) is 0 Å². The molecule has 0 aliphatic rings. The molecular formula is C29H28O4. The van der Waals surface area contributed by atoms with Gasteiger partial charge < -0.3 is 14.6 Å². The lowest BCUT2D eigenvalue weighted by atomic mass is 9.87. The Kier molecular flexibility index (Phi) is 6.36. The minimum absolute atomic E-state index is 0.0213. The number of benzene rings is 4. The SMILES string of the molecule is CC(C)(C)c1cccc(Oc2ccc(OCC(=O)O)c(Cc3cccc4ccccc34)c2)c1. The molecule has 0 aliphatic carbocycles. The van der Waals surface area contributed by atoms with Crippen LogP contribution in [0.3, 0.4) is 0 Å². The second-order valence-corrected chi connectivity index (χ2v) is 9.15. The fourth-order valence-electron chi connectivity index (χ4n) is 3.85. The zero-order valence-electron chi connectivity index (χ0n) is 19.2. The average Bonchev–Trinajstić information content (AvgIpc) is 2.78. The first-order valence-corrected chi connectivity index (χ1v) is 11.0. The maximum absolute atomic E-state index is 11.1. The van der Waals surface area contributed by atoms with Crippen molar-refractivity contribution in [3.05, 3.63) is 102 Å². The first-order chi connectivity index (χ1) is 15.8. The van der Waals surface area contributed by atoms with Crippen LogP contribution in [0.4, 0.5) is 0 Å². The maximum Gasteiger partial charge on any atom is 0.341 e. The number of aliphatic carboxylic acids is 1. The summed E-state index contributed by atoms with van der Waals surface area (Å²) in [7, 11) is 0. The summed E-state index contributed by atoms with van der Waals surface area (Å²) in [6, 6.07) is 28.1. The van der Waals surface area contributed by atoms with E-state index >= 15 is 0 Å². The number of hydrogen-bond donors (Lipinski definition) is 1. The summed E-state index contributed by atoms with van der Waals surface area (Å²) in [5.74, 6) is 0.975. The third-order valence-electron chi connectivity index (χ3n) is 5.58. The lowest BCUT2D eigenvalue weighted by Gasteiger charge is -2.20. The molecule has 0 heterocycles. The van der Waals surface area contributed by atoms with Gasteiger partial charge in [0.05, 0.1) is 0 Å². The van der Waals surface area contributed by atoms with Gasteiger partial charge in [0.25, 0.3) is 0 Å². The van der Waals surface area contributed by atoms with Gasteiger partial charge in [-0.2, -0.15) is 0 Å². The zero-order valence-corrected chi connectivity index (χ0v) is 19.2. The van der Waals surface area contributed by atoms with E-state index in [1.54, 1.807) is 6.07 Å². The van der Waals surface area contributed by atoms with Gasteiger partial charge in [0.1, 0.15) is 17.2 Å². The summed E-state index contributed by atoms with van der Waals surface area (Å²) in [5.41, 5.74) is 3.22. The van der Waals surface area contributed by atoms with Crippen molar-refractivity contribution in [1.29, 1.82) is 0 Å². The number of carboxylic acid groups (broad SMARTS) is 1. The lowest BCUT2D eigenvalue weighted by molar-refractivity contribution is -0.139. The van der Waals surface area contributed by atoms with Gasteiger partial charge in [-0.25, -0.2) is 4.79 Å². The van der Waals surface area contributed by atoms with Crippen LogP contribution < -0.4 is 9.47 Å². The van der Waals surface area contributed by atoms with Crippen molar-refractivity contribution in [3.63, 3.8) is 0 Å². The smallest absolute Gasteiger partial charge is 0.341 e.